The molecule has 2 aromatic carbocycles. The van der Waals surface area contributed by atoms with Crippen LogP contribution in [0.15, 0.2) is 58.0 Å². The summed E-state index contributed by atoms with van der Waals surface area (Å²) in [6, 6.07) is 11.4. The van der Waals surface area contributed by atoms with Crippen LogP contribution in [-0.2, 0) is 16.7 Å². The number of anilines is 1. The summed E-state index contributed by atoms with van der Waals surface area (Å²) in [7, 11) is -4.37. The number of aromatic nitrogens is 2. The van der Waals surface area contributed by atoms with Gasteiger partial charge < -0.3 is 9.73 Å². The molecule has 7 nitrogen and oxygen atoms in total. The fraction of sp³-hybridized carbons (Fsp3) is 0.0588. The SMILES string of the molecule is O=S(=O)(O)c1ccc(NCc2cnc(Cl)s2)c(-c2nc3ccccc3o2)c1. The molecule has 0 fully saturated rings. The Bertz CT molecular complexity index is 1200. The predicted molar refractivity (Wildman–Crippen MR) is 104 cm³/mol. The first-order valence-corrected chi connectivity index (χ1v) is 10.4. The Morgan fingerprint density at radius 1 is 1.22 bits per heavy atom. The Morgan fingerprint density at radius 2 is 2.04 bits per heavy atom. The van der Waals surface area contributed by atoms with Crippen LogP contribution in [0.3, 0.4) is 0 Å². The van der Waals surface area contributed by atoms with Gasteiger partial charge in [0.25, 0.3) is 10.1 Å². The van der Waals surface area contributed by atoms with E-state index in [1.807, 2.05) is 12.1 Å². The number of benzene rings is 2. The van der Waals surface area contributed by atoms with Crippen LogP contribution in [0.1, 0.15) is 4.88 Å². The van der Waals surface area contributed by atoms with Crippen molar-refractivity contribution >= 4 is 49.8 Å². The minimum Gasteiger partial charge on any atom is -0.436 e. The zero-order chi connectivity index (χ0) is 19.0. The number of rotatable bonds is 5. The van der Waals surface area contributed by atoms with E-state index in [9.17, 15) is 13.0 Å². The van der Waals surface area contributed by atoms with Crippen LogP contribution < -0.4 is 5.32 Å². The van der Waals surface area contributed by atoms with Gasteiger partial charge in [0.2, 0.25) is 5.89 Å². The molecule has 4 rings (SSSR count). The highest BCUT2D eigenvalue weighted by atomic mass is 35.5. The Kier molecular flexibility index (Phi) is 4.60. The summed E-state index contributed by atoms with van der Waals surface area (Å²) >= 11 is 7.18. The van der Waals surface area contributed by atoms with E-state index >= 15 is 0 Å². The Morgan fingerprint density at radius 3 is 2.74 bits per heavy atom. The average Bonchev–Trinajstić information content (AvgIpc) is 3.24. The number of hydrogen-bond donors (Lipinski definition) is 2. The van der Waals surface area contributed by atoms with Gasteiger partial charge in [-0.1, -0.05) is 23.7 Å². The molecule has 0 unspecified atom stereocenters. The second-order valence-electron chi connectivity index (χ2n) is 5.60. The molecule has 0 aliphatic carbocycles. The minimum absolute atomic E-state index is 0.242. The van der Waals surface area contributed by atoms with Crippen molar-refractivity contribution in [3.05, 3.63) is 58.0 Å². The van der Waals surface area contributed by atoms with Gasteiger partial charge in [-0.25, -0.2) is 9.97 Å². The molecule has 0 amide bonds. The van der Waals surface area contributed by atoms with Crippen molar-refractivity contribution < 1.29 is 17.4 Å². The Hall–Kier alpha value is -2.46. The van der Waals surface area contributed by atoms with Crippen molar-refractivity contribution in [3.63, 3.8) is 0 Å². The minimum atomic E-state index is -4.37. The summed E-state index contributed by atoms with van der Waals surface area (Å²) < 4.78 is 38.7. The highest BCUT2D eigenvalue weighted by Gasteiger charge is 2.18. The summed E-state index contributed by atoms with van der Waals surface area (Å²) in [6.45, 7) is 0.433. The van der Waals surface area contributed by atoms with E-state index < -0.39 is 10.1 Å². The molecule has 4 aromatic rings. The van der Waals surface area contributed by atoms with E-state index in [4.69, 9.17) is 16.0 Å². The maximum atomic E-state index is 11.5. The Balaban J connectivity index is 1.77. The smallest absolute Gasteiger partial charge is 0.294 e. The van der Waals surface area contributed by atoms with Crippen LogP contribution in [0.2, 0.25) is 4.47 Å². The zero-order valence-corrected chi connectivity index (χ0v) is 16.0. The van der Waals surface area contributed by atoms with Gasteiger partial charge in [0, 0.05) is 16.8 Å². The first kappa shape index (κ1) is 17.9. The molecule has 0 aliphatic rings. The lowest BCUT2D eigenvalue weighted by molar-refractivity contribution is 0.483. The van der Waals surface area contributed by atoms with Crippen LogP contribution in [0.4, 0.5) is 5.69 Å². The maximum Gasteiger partial charge on any atom is 0.294 e. The lowest BCUT2D eigenvalue weighted by Gasteiger charge is -2.10. The lowest BCUT2D eigenvalue weighted by atomic mass is 10.1. The van der Waals surface area contributed by atoms with Crippen molar-refractivity contribution in [3.8, 4) is 11.5 Å². The quantitative estimate of drug-likeness (QED) is 0.458. The number of nitrogens with zero attached hydrogens (tertiary/aromatic N) is 2. The first-order chi connectivity index (χ1) is 12.9. The number of nitrogens with one attached hydrogen (secondary N) is 1. The number of oxazole rings is 1. The van der Waals surface area contributed by atoms with Crippen LogP contribution in [-0.4, -0.2) is 22.9 Å². The number of thiazole rings is 1. The van der Waals surface area contributed by atoms with Gasteiger partial charge in [-0.05, 0) is 30.3 Å². The monoisotopic (exact) mass is 421 g/mol. The molecule has 138 valence electrons. The number of hydrogen-bond acceptors (Lipinski definition) is 7. The summed E-state index contributed by atoms with van der Waals surface area (Å²) in [6.07, 6.45) is 1.66. The molecule has 27 heavy (non-hydrogen) atoms. The van der Waals surface area contributed by atoms with Gasteiger partial charge in [0.05, 0.1) is 17.0 Å². The molecule has 2 N–H and O–H groups in total. The first-order valence-electron chi connectivity index (χ1n) is 7.72. The van der Waals surface area contributed by atoms with Crippen LogP contribution in [0, 0.1) is 0 Å². The van der Waals surface area contributed by atoms with E-state index in [0.29, 0.717) is 33.4 Å². The van der Waals surface area contributed by atoms with Crippen molar-refractivity contribution in [2.75, 3.05) is 5.32 Å². The summed E-state index contributed by atoms with van der Waals surface area (Å²) in [4.78, 5) is 9.06. The standard InChI is InChI=1S/C17H12ClN3O4S2/c18-17-20-9-10(26-17)8-19-13-6-5-11(27(22,23)24)7-12(13)16-21-14-3-1-2-4-15(14)25-16/h1-7,9,19H,8H2,(H,22,23,24). The van der Waals surface area contributed by atoms with Crippen LogP contribution in [0.25, 0.3) is 22.6 Å². The van der Waals surface area contributed by atoms with E-state index in [1.54, 1.807) is 24.4 Å². The molecule has 0 radical (unpaired) electrons. The van der Waals surface area contributed by atoms with Gasteiger partial charge in [-0.2, -0.15) is 8.42 Å². The molecule has 10 heteroatoms. The Labute approximate surface area is 163 Å². The maximum absolute atomic E-state index is 11.5. The van der Waals surface area contributed by atoms with Crippen molar-refractivity contribution in [1.29, 1.82) is 0 Å². The largest absolute Gasteiger partial charge is 0.436 e. The van der Waals surface area contributed by atoms with Gasteiger partial charge in [-0.3, -0.25) is 4.55 Å². The average molecular weight is 422 g/mol. The fourth-order valence-electron chi connectivity index (χ4n) is 2.55. The third-order valence-corrected chi connectivity index (χ3v) is 5.76. The van der Waals surface area contributed by atoms with Crippen molar-refractivity contribution in [2.24, 2.45) is 0 Å². The topological polar surface area (TPSA) is 105 Å². The second kappa shape index (κ2) is 6.93. The summed E-state index contributed by atoms with van der Waals surface area (Å²) in [5.41, 5.74) is 2.23. The molecule has 2 aromatic heterocycles. The number of halogens is 1. The molecule has 0 spiro atoms. The van der Waals surface area contributed by atoms with Crippen molar-refractivity contribution in [1.82, 2.24) is 9.97 Å². The molecule has 0 bridgehead atoms. The van der Waals surface area contributed by atoms with Crippen molar-refractivity contribution in [2.45, 2.75) is 11.4 Å². The lowest BCUT2D eigenvalue weighted by Crippen LogP contribution is -2.03. The van der Waals surface area contributed by atoms with E-state index in [-0.39, 0.29) is 10.8 Å². The highest BCUT2D eigenvalue weighted by Crippen LogP contribution is 2.33. The molecular weight excluding hydrogens is 410 g/mol. The molecular formula is C17H12ClN3O4S2. The van der Waals surface area contributed by atoms with Gasteiger partial charge in [0.15, 0.2) is 10.0 Å². The van der Waals surface area contributed by atoms with Gasteiger partial charge in [0.1, 0.15) is 5.52 Å². The van der Waals surface area contributed by atoms with Crippen LogP contribution >= 0.6 is 22.9 Å². The van der Waals surface area contributed by atoms with E-state index in [1.165, 1.54) is 23.5 Å². The normalized spacial score (nSPS) is 11.8. The molecule has 2 heterocycles. The summed E-state index contributed by atoms with van der Waals surface area (Å²) in [5.74, 6) is 0.242. The number of para-hydroxylation sites is 2. The summed E-state index contributed by atoms with van der Waals surface area (Å²) in [5, 5.41) is 3.20. The predicted octanol–water partition coefficient (Wildman–Crippen LogP) is 4.46. The van der Waals surface area contributed by atoms with Gasteiger partial charge in [-0.15, -0.1) is 11.3 Å². The van der Waals surface area contributed by atoms with E-state index in [2.05, 4.69) is 15.3 Å². The number of fused-ring (bicyclic) bond motifs is 1. The highest BCUT2D eigenvalue weighted by molar-refractivity contribution is 7.85. The second-order valence-corrected chi connectivity index (χ2v) is 8.72. The molecule has 0 aliphatic heterocycles. The van der Waals surface area contributed by atoms with Gasteiger partial charge >= 0.3 is 0 Å². The fourth-order valence-corrected chi connectivity index (χ4v) is 3.97. The van der Waals surface area contributed by atoms with E-state index in [0.717, 1.165) is 4.88 Å². The molecule has 0 atom stereocenters. The van der Waals surface area contributed by atoms with Crippen LogP contribution in [0.5, 0.6) is 0 Å². The third-order valence-electron chi connectivity index (χ3n) is 3.79. The molecule has 0 saturated carbocycles. The molecule has 0 saturated heterocycles. The third kappa shape index (κ3) is 3.81. The zero-order valence-electron chi connectivity index (χ0n) is 13.6.